The predicted octanol–water partition coefficient (Wildman–Crippen LogP) is 3.40. The van der Waals surface area contributed by atoms with Gasteiger partial charge in [-0.1, -0.05) is 23.2 Å². The molecular weight excluding hydrogens is 464 g/mol. The minimum absolute atomic E-state index is 0.0388. The van der Waals surface area contributed by atoms with E-state index in [4.69, 9.17) is 28.0 Å². The fraction of sp³-hybridized carbons (Fsp3) is 0.200. The van der Waals surface area contributed by atoms with Gasteiger partial charge >= 0.3 is 11.7 Å². The molecular formula is C20H16Cl2FN5O4. The zero-order valence-corrected chi connectivity index (χ0v) is 18.3. The van der Waals surface area contributed by atoms with Crippen LogP contribution in [-0.4, -0.2) is 37.6 Å². The van der Waals surface area contributed by atoms with Crippen molar-refractivity contribution in [2.24, 2.45) is 0 Å². The second kappa shape index (κ2) is 8.64. The number of fused-ring (bicyclic) bond motifs is 1. The van der Waals surface area contributed by atoms with E-state index in [2.05, 4.69) is 19.8 Å². The molecule has 32 heavy (non-hydrogen) atoms. The minimum Gasteiger partial charge on any atom is -0.468 e. The molecule has 9 nitrogen and oxygen atoms in total. The topological polar surface area (TPSA) is 104 Å². The second-order valence-corrected chi connectivity index (χ2v) is 7.58. The Morgan fingerprint density at radius 1 is 1.28 bits per heavy atom. The summed E-state index contributed by atoms with van der Waals surface area (Å²) in [6.07, 6.45) is 2.34. The molecule has 0 aliphatic rings. The smallest absolute Gasteiger partial charge is 0.360 e. The third-order valence-electron chi connectivity index (χ3n) is 4.70. The van der Waals surface area contributed by atoms with E-state index in [1.54, 1.807) is 31.5 Å². The highest BCUT2D eigenvalue weighted by Gasteiger charge is 2.21. The van der Waals surface area contributed by atoms with E-state index >= 15 is 0 Å². The van der Waals surface area contributed by atoms with Gasteiger partial charge in [0.15, 0.2) is 11.8 Å². The maximum absolute atomic E-state index is 13.9. The molecule has 0 saturated carbocycles. The highest BCUT2D eigenvalue weighted by atomic mass is 35.5. The number of benzene rings is 1. The number of nitrogens with one attached hydrogen (secondary N) is 1. The van der Waals surface area contributed by atoms with Crippen LogP contribution in [0.4, 0.5) is 4.39 Å². The van der Waals surface area contributed by atoms with E-state index < -0.39 is 23.6 Å². The number of methoxy groups -OCH3 is 1. The number of hydrogen-bond acceptors (Lipinski definition) is 6. The van der Waals surface area contributed by atoms with Gasteiger partial charge in [0, 0.05) is 22.3 Å². The van der Waals surface area contributed by atoms with Crippen molar-refractivity contribution >= 4 is 40.3 Å². The molecule has 0 aliphatic heterocycles. The summed E-state index contributed by atoms with van der Waals surface area (Å²) in [5, 5.41) is 4.13. The molecule has 0 fully saturated rings. The normalized spacial score (nSPS) is 12.2. The van der Waals surface area contributed by atoms with E-state index in [1.807, 2.05) is 0 Å². The molecule has 3 aromatic heterocycles. The third kappa shape index (κ3) is 4.06. The maximum Gasteiger partial charge on any atom is 0.360 e. The van der Waals surface area contributed by atoms with Gasteiger partial charge in [0.25, 0.3) is 0 Å². The summed E-state index contributed by atoms with van der Waals surface area (Å²) < 4.78 is 20.9. The van der Waals surface area contributed by atoms with Gasteiger partial charge in [-0.15, -0.1) is 4.73 Å². The van der Waals surface area contributed by atoms with Crippen LogP contribution in [0.25, 0.3) is 22.4 Å². The van der Waals surface area contributed by atoms with Crippen molar-refractivity contribution in [2.45, 2.75) is 19.6 Å². The number of esters is 1. The number of rotatable bonds is 6. The van der Waals surface area contributed by atoms with Crippen LogP contribution in [0.15, 0.2) is 41.5 Å². The van der Waals surface area contributed by atoms with Gasteiger partial charge in [-0.3, -0.25) is 14.5 Å². The van der Waals surface area contributed by atoms with Crippen LogP contribution in [0, 0.1) is 5.82 Å². The molecule has 1 unspecified atom stereocenters. The molecule has 0 amide bonds. The molecule has 4 rings (SSSR count). The van der Waals surface area contributed by atoms with Gasteiger partial charge in [0.1, 0.15) is 17.9 Å². The first-order valence-electron chi connectivity index (χ1n) is 9.30. The van der Waals surface area contributed by atoms with Crippen molar-refractivity contribution in [2.75, 3.05) is 7.11 Å². The fourth-order valence-corrected chi connectivity index (χ4v) is 3.82. The van der Waals surface area contributed by atoms with Gasteiger partial charge in [0.05, 0.1) is 24.0 Å². The zero-order chi connectivity index (χ0) is 23.0. The van der Waals surface area contributed by atoms with Gasteiger partial charge in [0.2, 0.25) is 0 Å². The SMILES string of the molecule is COC(=O)Cn1cc(-c2ccc3c(n2)[nH]c(=O)n3OC(C)c2c(Cl)ccc(F)c2Cl)cn1. The average Bonchev–Trinajstić information content (AvgIpc) is 3.35. The highest BCUT2D eigenvalue weighted by Crippen LogP contribution is 2.33. The second-order valence-electron chi connectivity index (χ2n) is 6.80. The lowest BCUT2D eigenvalue weighted by Gasteiger charge is -2.17. The van der Waals surface area contributed by atoms with E-state index in [-0.39, 0.29) is 27.8 Å². The molecule has 1 aromatic carbocycles. The Hall–Kier alpha value is -3.37. The quantitative estimate of drug-likeness (QED) is 0.335. The number of carbonyl (C=O) groups is 1. The Balaban J connectivity index is 1.64. The Bertz CT molecular complexity index is 1380. The largest absolute Gasteiger partial charge is 0.468 e. The van der Waals surface area contributed by atoms with Crippen LogP contribution in [0.5, 0.6) is 0 Å². The first-order chi connectivity index (χ1) is 15.3. The molecule has 0 radical (unpaired) electrons. The number of H-pyrrole nitrogens is 1. The van der Waals surface area contributed by atoms with Crippen molar-refractivity contribution in [3.63, 3.8) is 0 Å². The van der Waals surface area contributed by atoms with Gasteiger partial charge < -0.3 is 9.57 Å². The van der Waals surface area contributed by atoms with E-state index in [9.17, 15) is 14.0 Å². The first-order valence-corrected chi connectivity index (χ1v) is 10.1. The number of nitrogens with zero attached hydrogens (tertiary/aromatic N) is 4. The molecule has 3 heterocycles. The van der Waals surface area contributed by atoms with E-state index in [0.717, 1.165) is 10.8 Å². The summed E-state index contributed by atoms with van der Waals surface area (Å²) >= 11 is 12.2. The van der Waals surface area contributed by atoms with Crippen LogP contribution in [0.2, 0.25) is 10.0 Å². The van der Waals surface area contributed by atoms with E-state index in [1.165, 1.54) is 17.9 Å². The van der Waals surface area contributed by atoms with Crippen LogP contribution >= 0.6 is 23.2 Å². The Labute approximate surface area is 190 Å². The Morgan fingerprint density at radius 2 is 2.06 bits per heavy atom. The van der Waals surface area contributed by atoms with Crippen molar-refractivity contribution in [3.05, 3.63) is 68.6 Å². The van der Waals surface area contributed by atoms with Crippen LogP contribution in [-0.2, 0) is 16.1 Å². The summed E-state index contributed by atoms with van der Waals surface area (Å²) in [5.74, 6) is -1.08. The summed E-state index contributed by atoms with van der Waals surface area (Å²) in [7, 11) is 1.29. The van der Waals surface area contributed by atoms with Crippen LogP contribution < -0.4 is 10.5 Å². The molecule has 1 N–H and O–H groups in total. The van der Waals surface area contributed by atoms with Crippen molar-refractivity contribution in [1.82, 2.24) is 24.5 Å². The number of ether oxygens (including phenoxy) is 1. The van der Waals surface area contributed by atoms with Crippen molar-refractivity contribution < 1.29 is 18.8 Å². The van der Waals surface area contributed by atoms with Crippen LogP contribution in [0.1, 0.15) is 18.6 Å². The lowest BCUT2D eigenvalue weighted by atomic mass is 10.1. The fourth-order valence-electron chi connectivity index (χ4n) is 3.14. The number of halogens is 3. The van der Waals surface area contributed by atoms with E-state index in [0.29, 0.717) is 16.8 Å². The summed E-state index contributed by atoms with van der Waals surface area (Å²) in [4.78, 5) is 36.7. The van der Waals surface area contributed by atoms with Gasteiger partial charge in [-0.2, -0.15) is 5.10 Å². The average molecular weight is 480 g/mol. The maximum atomic E-state index is 13.9. The van der Waals surface area contributed by atoms with Gasteiger partial charge in [-0.05, 0) is 31.2 Å². The standard InChI is InChI=1S/C20H16Cl2FN5O4/c1-10(17-12(21)3-4-13(23)18(17)22)32-28-15-6-5-14(25-19(15)26-20(28)30)11-7-24-27(8-11)9-16(29)31-2/h3-8,10H,9H2,1-2H3,(H,25,26,30). The predicted molar refractivity (Wildman–Crippen MR) is 115 cm³/mol. The number of hydrogen-bond donors (Lipinski definition) is 1. The first kappa shape index (κ1) is 21.8. The molecule has 0 saturated heterocycles. The van der Waals surface area contributed by atoms with Gasteiger partial charge in [-0.25, -0.2) is 14.2 Å². The van der Waals surface area contributed by atoms with Crippen molar-refractivity contribution in [1.29, 1.82) is 0 Å². The number of aromatic nitrogens is 5. The molecule has 4 aromatic rings. The number of pyridine rings is 1. The summed E-state index contributed by atoms with van der Waals surface area (Å²) in [6, 6.07) is 5.82. The molecule has 0 bridgehead atoms. The number of aromatic amines is 1. The number of carbonyl (C=O) groups excluding carboxylic acids is 1. The third-order valence-corrected chi connectivity index (χ3v) is 5.41. The minimum atomic E-state index is -0.835. The summed E-state index contributed by atoms with van der Waals surface area (Å²) in [5.41, 5.74) is 1.41. The summed E-state index contributed by atoms with van der Waals surface area (Å²) in [6.45, 7) is 1.55. The molecule has 0 spiro atoms. The monoisotopic (exact) mass is 479 g/mol. The Kier molecular flexibility index (Phi) is 5.90. The molecule has 0 aliphatic carbocycles. The molecule has 166 valence electrons. The molecule has 1 atom stereocenters. The van der Waals surface area contributed by atoms with Crippen LogP contribution in [0.3, 0.4) is 0 Å². The number of imidazole rings is 1. The zero-order valence-electron chi connectivity index (χ0n) is 16.8. The lowest BCUT2D eigenvalue weighted by Crippen LogP contribution is -2.26. The Morgan fingerprint density at radius 3 is 2.81 bits per heavy atom. The highest BCUT2D eigenvalue weighted by molar-refractivity contribution is 6.36. The molecule has 12 heteroatoms. The lowest BCUT2D eigenvalue weighted by molar-refractivity contribution is -0.141. The van der Waals surface area contributed by atoms with Crippen molar-refractivity contribution in [3.8, 4) is 11.3 Å².